The average molecular weight is 273 g/mol. The van der Waals surface area contributed by atoms with Gasteiger partial charge in [0.1, 0.15) is 11.6 Å². The lowest BCUT2D eigenvalue weighted by Crippen LogP contribution is -2.20. The van der Waals surface area contributed by atoms with E-state index in [9.17, 15) is 4.39 Å². The molecule has 2 rings (SSSR count). The van der Waals surface area contributed by atoms with Crippen LogP contribution in [0.1, 0.15) is 23.6 Å². The molecular formula is C17H20FNO. The van der Waals surface area contributed by atoms with Crippen LogP contribution in [0.2, 0.25) is 0 Å². The normalized spacial score (nSPS) is 12.2. The lowest BCUT2D eigenvalue weighted by atomic mass is 9.99. The molecule has 0 aromatic heterocycles. The Balaban J connectivity index is 1.95. The van der Waals surface area contributed by atoms with Crippen LogP contribution in [0, 0.1) is 12.7 Å². The van der Waals surface area contributed by atoms with Crippen molar-refractivity contribution >= 4 is 0 Å². The molecule has 0 amide bonds. The zero-order valence-electron chi connectivity index (χ0n) is 11.9. The molecule has 106 valence electrons. The molecule has 0 saturated carbocycles. The quantitative estimate of drug-likeness (QED) is 0.862. The number of para-hydroxylation sites is 1. The summed E-state index contributed by atoms with van der Waals surface area (Å²) >= 11 is 0. The van der Waals surface area contributed by atoms with Gasteiger partial charge in [0, 0.05) is 12.5 Å². The Morgan fingerprint density at radius 2 is 1.90 bits per heavy atom. The first kappa shape index (κ1) is 14.5. The number of aryl methyl sites for hydroxylation is 1. The second-order valence-electron chi connectivity index (χ2n) is 4.79. The first-order valence-electron chi connectivity index (χ1n) is 6.82. The van der Waals surface area contributed by atoms with Crippen LogP contribution in [0.5, 0.6) is 5.75 Å². The fourth-order valence-corrected chi connectivity index (χ4v) is 2.30. The second-order valence-corrected chi connectivity index (χ2v) is 4.79. The molecule has 3 heteroatoms. The van der Waals surface area contributed by atoms with E-state index in [1.54, 1.807) is 6.07 Å². The van der Waals surface area contributed by atoms with Crippen LogP contribution in [-0.2, 0) is 0 Å². The molecule has 2 aromatic rings. The number of halogens is 1. The van der Waals surface area contributed by atoms with Crippen LogP contribution >= 0.6 is 0 Å². The first-order valence-corrected chi connectivity index (χ1v) is 6.82. The predicted molar refractivity (Wildman–Crippen MR) is 79.5 cm³/mol. The molecule has 2 aromatic carbocycles. The Bertz CT molecular complexity index is 542. The number of hydrogen-bond acceptors (Lipinski definition) is 2. The molecule has 1 unspecified atom stereocenters. The summed E-state index contributed by atoms with van der Waals surface area (Å²) in [6, 6.07) is 14.8. The molecule has 1 N–H and O–H groups in total. The predicted octanol–water partition coefficient (Wildman–Crippen LogP) is 3.86. The van der Waals surface area contributed by atoms with Crippen molar-refractivity contribution in [2.75, 3.05) is 13.7 Å². The second kappa shape index (κ2) is 7.06. The minimum Gasteiger partial charge on any atom is -0.494 e. The number of benzene rings is 2. The lowest BCUT2D eigenvalue weighted by Gasteiger charge is -2.19. The zero-order valence-corrected chi connectivity index (χ0v) is 11.9. The van der Waals surface area contributed by atoms with Gasteiger partial charge in [-0.1, -0.05) is 24.3 Å². The van der Waals surface area contributed by atoms with Crippen molar-refractivity contribution in [3.05, 3.63) is 65.5 Å². The van der Waals surface area contributed by atoms with Crippen LogP contribution in [0.25, 0.3) is 0 Å². The van der Waals surface area contributed by atoms with Crippen molar-refractivity contribution in [1.82, 2.24) is 5.32 Å². The molecule has 0 spiro atoms. The number of rotatable bonds is 6. The van der Waals surface area contributed by atoms with Crippen molar-refractivity contribution in [3.8, 4) is 5.75 Å². The summed E-state index contributed by atoms with van der Waals surface area (Å²) in [4.78, 5) is 0. The van der Waals surface area contributed by atoms with Gasteiger partial charge in [0.2, 0.25) is 0 Å². The Hall–Kier alpha value is -1.87. The van der Waals surface area contributed by atoms with Gasteiger partial charge < -0.3 is 10.1 Å². The maximum Gasteiger partial charge on any atom is 0.123 e. The van der Waals surface area contributed by atoms with E-state index in [1.807, 2.05) is 50.4 Å². The SMILES string of the molecule is CNC(CCOc1ccccc1)c1ccc(F)cc1C. The van der Waals surface area contributed by atoms with E-state index in [0.29, 0.717) is 6.61 Å². The number of hydrogen-bond donors (Lipinski definition) is 1. The molecule has 2 nitrogen and oxygen atoms in total. The van der Waals surface area contributed by atoms with Crippen molar-refractivity contribution < 1.29 is 9.13 Å². The Labute approximate surface area is 119 Å². The van der Waals surface area contributed by atoms with E-state index >= 15 is 0 Å². The largest absolute Gasteiger partial charge is 0.494 e. The van der Waals surface area contributed by atoms with Gasteiger partial charge in [0.25, 0.3) is 0 Å². The summed E-state index contributed by atoms with van der Waals surface area (Å²) in [5.74, 6) is 0.680. The fraction of sp³-hybridized carbons (Fsp3) is 0.294. The smallest absolute Gasteiger partial charge is 0.123 e. The minimum atomic E-state index is -0.193. The van der Waals surface area contributed by atoms with Crippen LogP contribution in [0.15, 0.2) is 48.5 Å². The summed E-state index contributed by atoms with van der Waals surface area (Å²) in [7, 11) is 1.91. The molecule has 0 radical (unpaired) electrons. The molecule has 0 fully saturated rings. The van der Waals surface area contributed by atoms with E-state index < -0.39 is 0 Å². The molecule has 0 saturated heterocycles. The van der Waals surface area contributed by atoms with Gasteiger partial charge in [-0.05, 0) is 49.4 Å². The van der Waals surface area contributed by atoms with Gasteiger partial charge in [-0.15, -0.1) is 0 Å². The van der Waals surface area contributed by atoms with Gasteiger partial charge in [-0.25, -0.2) is 4.39 Å². The highest BCUT2D eigenvalue weighted by molar-refractivity contribution is 5.29. The topological polar surface area (TPSA) is 21.3 Å². The van der Waals surface area contributed by atoms with Crippen molar-refractivity contribution in [2.24, 2.45) is 0 Å². The third-order valence-electron chi connectivity index (χ3n) is 3.37. The molecular weight excluding hydrogens is 253 g/mol. The van der Waals surface area contributed by atoms with E-state index in [-0.39, 0.29) is 11.9 Å². The zero-order chi connectivity index (χ0) is 14.4. The first-order chi connectivity index (χ1) is 9.70. The van der Waals surface area contributed by atoms with Gasteiger partial charge >= 0.3 is 0 Å². The third kappa shape index (κ3) is 3.81. The van der Waals surface area contributed by atoms with Crippen molar-refractivity contribution in [2.45, 2.75) is 19.4 Å². The summed E-state index contributed by atoms with van der Waals surface area (Å²) in [6.07, 6.45) is 0.831. The fourth-order valence-electron chi connectivity index (χ4n) is 2.30. The number of nitrogens with one attached hydrogen (secondary N) is 1. The van der Waals surface area contributed by atoms with E-state index in [1.165, 1.54) is 6.07 Å². The molecule has 0 bridgehead atoms. The Morgan fingerprint density at radius 1 is 1.15 bits per heavy atom. The number of ether oxygens (including phenoxy) is 1. The highest BCUT2D eigenvalue weighted by Gasteiger charge is 2.12. The van der Waals surface area contributed by atoms with Gasteiger partial charge in [0.15, 0.2) is 0 Å². The molecule has 1 atom stereocenters. The maximum atomic E-state index is 13.1. The third-order valence-corrected chi connectivity index (χ3v) is 3.37. The summed E-state index contributed by atoms with van der Waals surface area (Å²) in [5, 5.41) is 3.26. The van der Waals surface area contributed by atoms with Gasteiger partial charge in [0.05, 0.1) is 6.61 Å². The maximum absolute atomic E-state index is 13.1. The monoisotopic (exact) mass is 273 g/mol. The van der Waals surface area contributed by atoms with Crippen LogP contribution in [0.4, 0.5) is 4.39 Å². The molecule has 0 aliphatic carbocycles. The van der Waals surface area contributed by atoms with Gasteiger partial charge in [-0.2, -0.15) is 0 Å². The summed E-state index contributed by atoms with van der Waals surface area (Å²) < 4.78 is 18.9. The highest BCUT2D eigenvalue weighted by Crippen LogP contribution is 2.21. The van der Waals surface area contributed by atoms with Crippen LogP contribution in [0.3, 0.4) is 0 Å². The van der Waals surface area contributed by atoms with E-state index in [2.05, 4.69) is 5.32 Å². The Morgan fingerprint density at radius 3 is 2.55 bits per heavy atom. The van der Waals surface area contributed by atoms with Crippen LogP contribution < -0.4 is 10.1 Å². The standard InChI is InChI=1S/C17H20FNO/c1-13-12-14(18)8-9-16(13)17(19-2)10-11-20-15-6-4-3-5-7-15/h3-9,12,17,19H,10-11H2,1-2H3. The lowest BCUT2D eigenvalue weighted by molar-refractivity contribution is 0.290. The molecule has 20 heavy (non-hydrogen) atoms. The summed E-state index contributed by atoms with van der Waals surface area (Å²) in [5.41, 5.74) is 2.08. The Kier molecular flexibility index (Phi) is 5.13. The average Bonchev–Trinajstić information content (AvgIpc) is 2.46. The highest BCUT2D eigenvalue weighted by atomic mass is 19.1. The minimum absolute atomic E-state index is 0.166. The summed E-state index contributed by atoms with van der Waals surface area (Å²) in [6.45, 7) is 2.55. The van der Waals surface area contributed by atoms with Crippen molar-refractivity contribution in [3.63, 3.8) is 0 Å². The van der Waals surface area contributed by atoms with Crippen molar-refractivity contribution in [1.29, 1.82) is 0 Å². The molecule has 0 aliphatic heterocycles. The molecule has 0 heterocycles. The van der Waals surface area contributed by atoms with Crippen LogP contribution in [-0.4, -0.2) is 13.7 Å². The molecule has 0 aliphatic rings. The van der Waals surface area contributed by atoms with E-state index in [4.69, 9.17) is 4.74 Å². The van der Waals surface area contributed by atoms with E-state index in [0.717, 1.165) is 23.3 Å². The van der Waals surface area contributed by atoms with Gasteiger partial charge in [-0.3, -0.25) is 0 Å².